The number of hydrogen-bond acceptors (Lipinski definition) is 5. The molecule has 8 heteroatoms. The number of carboxylic acid groups (broad SMARTS) is 2. The molecule has 16 heavy (non-hydrogen) atoms. The fourth-order valence-corrected chi connectivity index (χ4v) is 0.785. The minimum Gasteiger partial charge on any atom is -0.478 e. The first kappa shape index (κ1) is 16.6. The van der Waals surface area contributed by atoms with Crippen molar-refractivity contribution in [1.82, 2.24) is 0 Å². The molecule has 0 fully saturated rings. The Bertz CT molecular complexity index is 351. The van der Waals surface area contributed by atoms with Crippen LogP contribution in [0, 0.1) is 10.1 Å². The fourth-order valence-electron chi connectivity index (χ4n) is 0.785. The van der Waals surface area contributed by atoms with Crippen molar-refractivity contribution in [3.8, 4) is 0 Å². The smallest absolute Gasteiger partial charge is 0.335 e. The van der Waals surface area contributed by atoms with E-state index in [1.165, 1.54) is 18.2 Å². The van der Waals surface area contributed by atoms with Gasteiger partial charge in [-0.2, -0.15) is 0 Å². The van der Waals surface area contributed by atoms with Crippen molar-refractivity contribution in [1.29, 1.82) is 0 Å². The molecule has 1 aromatic rings. The first-order valence-corrected chi connectivity index (χ1v) is 3.54. The van der Waals surface area contributed by atoms with Crippen molar-refractivity contribution < 1.29 is 39.3 Å². The van der Waals surface area contributed by atoms with Crippen LogP contribution in [0.25, 0.3) is 0 Å². The summed E-state index contributed by atoms with van der Waals surface area (Å²) in [6, 6.07) is 5.20. The Morgan fingerprint density at radius 1 is 1.12 bits per heavy atom. The van der Waals surface area contributed by atoms with Crippen molar-refractivity contribution in [2.24, 2.45) is 5.34 Å². The van der Waals surface area contributed by atoms with Crippen LogP contribution in [0.4, 0.5) is 0 Å². The monoisotopic (exact) mass is 276 g/mol. The van der Waals surface area contributed by atoms with Gasteiger partial charge in [-0.1, -0.05) is 6.07 Å². The molecule has 1 aromatic carbocycles. The van der Waals surface area contributed by atoms with Gasteiger partial charge in [0.05, 0.1) is 11.1 Å². The number of nitrogens with zero attached hydrogens (tertiary/aromatic N) is 1. The summed E-state index contributed by atoms with van der Waals surface area (Å²) in [6.07, 6.45) is 0. The average molecular weight is 278 g/mol. The number of benzene rings is 1. The Morgan fingerprint density at radius 3 is 1.69 bits per heavy atom. The maximum atomic E-state index is 10.4. The van der Waals surface area contributed by atoms with Gasteiger partial charge in [-0.15, -0.1) is 5.34 Å². The summed E-state index contributed by atoms with van der Waals surface area (Å²) < 4.78 is 0. The van der Waals surface area contributed by atoms with Gasteiger partial charge < -0.3 is 20.3 Å². The van der Waals surface area contributed by atoms with E-state index in [9.17, 15) is 9.59 Å². The number of hydrogen-bond donors (Lipinski definition) is 2. The number of carboxylic acids is 2. The predicted molar refractivity (Wildman–Crippen MR) is 49.5 cm³/mol. The van der Waals surface area contributed by atoms with Crippen molar-refractivity contribution in [3.05, 3.63) is 45.5 Å². The number of aromatic carboxylic acids is 2. The molecule has 0 radical (unpaired) electrons. The first-order valence-electron chi connectivity index (χ1n) is 3.54. The molecule has 0 saturated carbocycles. The molecule has 0 bridgehead atoms. The summed E-state index contributed by atoms with van der Waals surface area (Å²) in [7, 11) is 0. The third kappa shape index (κ3) is 5.82. The van der Waals surface area contributed by atoms with Crippen LogP contribution in [-0.2, 0) is 19.5 Å². The molecular weight excluding hydrogens is 271 g/mol. The van der Waals surface area contributed by atoms with Gasteiger partial charge in [0, 0.05) is 19.5 Å². The van der Waals surface area contributed by atoms with E-state index >= 15 is 0 Å². The predicted octanol–water partition coefficient (Wildman–Crippen LogP) is 1.33. The molecule has 0 saturated heterocycles. The topological polar surface area (TPSA) is 127 Å². The fraction of sp³-hybridized carbons (Fsp3) is 0. The number of carbonyl (C=O) groups is 2. The van der Waals surface area contributed by atoms with Gasteiger partial charge in [0.2, 0.25) is 0 Å². The van der Waals surface area contributed by atoms with Gasteiger partial charge in [0.25, 0.3) is 0 Å². The Kier molecular flexibility index (Phi) is 8.81. The Balaban J connectivity index is 0. The standard InChI is InChI=1S/C8H6O4.HNO2.Zn/c9-7(10)5-2-1-3-6(4-5)8(11)12;2-1-3;/h1-4H,(H,9,10)(H,11,12);(H,2,3);/p-1. The van der Waals surface area contributed by atoms with Gasteiger partial charge in [-0.3, -0.25) is 0 Å². The van der Waals surface area contributed by atoms with Gasteiger partial charge in [0.1, 0.15) is 0 Å². The molecule has 1 rings (SSSR count). The van der Waals surface area contributed by atoms with Crippen LogP contribution in [0.1, 0.15) is 20.7 Å². The summed E-state index contributed by atoms with van der Waals surface area (Å²) in [5, 5.41) is 26.0. The van der Waals surface area contributed by atoms with Gasteiger partial charge in [0.15, 0.2) is 0 Å². The quantitative estimate of drug-likeness (QED) is 0.477. The minimum absolute atomic E-state index is 0. The molecule has 0 aliphatic carbocycles. The molecule has 7 nitrogen and oxygen atoms in total. The van der Waals surface area contributed by atoms with Crippen LogP contribution in [0.2, 0.25) is 0 Å². The van der Waals surface area contributed by atoms with Gasteiger partial charge >= 0.3 is 11.9 Å². The third-order valence-electron chi connectivity index (χ3n) is 1.36. The summed E-state index contributed by atoms with van der Waals surface area (Å²) >= 11 is 0. The average Bonchev–Trinajstić information content (AvgIpc) is 2.19. The van der Waals surface area contributed by atoms with Crippen LogP contribution in [-0.4, -0.2) is 22.2 Å². The molecule has 0 amide bonds. The summed E-state index contributed by atoms with van der Waals surface area (Å²) in [4.78, 5) is 28.8. The molecule has 0 aromatic heterocycles. The van der Waals surface area contributed by atoms with E-state index in [1.54, 1.807) is 0 Å². The van der Waals surface area contributed by atoms with E-state index in [0.29, 0.717) is 0 Å². The van der Waals surface area contributed by atoms with Crippen LogP contribution < -0.4 is 0 Å². The maximum absolute atomic E-state index is 10.4. The zero-order valence-electron chi connectivity index (χ0n) is 7.99. The Labute approximate surface area is 102 Å². The van der Waals surface area contributed by atoms with E-state index in [0.717, 1.165) is 11.4 Å². The van der Waals surface area contributed by atoms with E-state index in [-0.39, 0.29) is 30.6 Å². The van der Waals surface area contributed by atoms with Crippen LogP contribution >= 0.6 is 0 Å². The zero-order valence-corrected chi connectivity index (χ0v) is 11.0. The van der Waals surface area contributed by atoms with Gasteiger partial charge in [-0.25, -0.2) is 9.59 Å². The van der Waals surface area contributed by atoms with Crippen molar-refractivity contribution in [3.63, 3.8) is 0 Å². The van der Waals surface area contributed by atoms with Crippen LogP contribution in [0.5, 0.6) is 0 Å². The third-order valence-corrected chi connectivity index (χ3v) is 1.36. The normalized spacial score (nSPS) is 7.75. The summed E-state index contributed by atoms with van der Waals surface area (Å²) in [6.45, 7) is 0. The minimum atomic E-state index is -1.13. The summed E-state index contributed by atoms with van der Waals surface area (Å²) in [5.74, 6) is -2.25. The van der Waals surface area contributed by atoms with Crippen molar-refractivity contribution in [2.75, 3.05) is 0 Å². The Hall–Kier alpha value is -1.82. The molecule has 0 aliphatic rings. The zero-order chi connectivity index (χ0) is 11.8. The molecule has 0 spiro atoms. The molecule has 82 valence electrons. The molecular formula is C8H6NO6Zn-. The van der Waals surface area contributed by atoms with Gasteiger partial charge in [-0.05, 0) is 18.2 Å². The van der Waals surface area contributed by atoms with Crippen LogP contribution in [0.15, 0.2) is 29.6 Å². The molecule has 2 N–H and O–H groups in total. The largest absolute Gasteiger partial charge is 0.478 e. The van der Waals surface area contributed by atoms with Crippen molar-refractivity contribution in [2.45, 2.75) is 0 Å². The molecule has 0 aliphatic heterocycles. The second kappa shape index (κ2) is 8.49. The SMILES string of the molecule is O=C(O)c1cccc(C(=O)O)c1.O=N[O-].[Zn]. The van der Waals surface area contributed by atoms with E-state index in [4.69, 9.17) is 20.3 Å². The van der Waals surface area contributed by atoms with E-state index in [2.05, 4.69) is 0 Å². The second-order valence-corrected chi connectivity index (χ2v) is 2.27. The van der Waals surface area contributed by atoms with E-state index < -0.39 is 11.9 Å². The number of rotatable bonds is 2. The Morgan fingerprint density at radius 2 is 1.44 bits per heavy atom. The summed E-state index contributed by atoms with van der Waals surface area (Å²) in [5.41, 5.74) is -0.0372. The molecule has 0 heterocycles. The first-order chi connectivity index (χ1) is 7.02. The van der Waals surface area contributed by atoms with Crippen molar-refractivity contribution >= 4 is 11.9 Å². The van der Waals surface area contributed by atoms with E-state index in [1.807, 2.05) is 0 Å². The second-order valence-electron chi connectivity index (χ2n) is 2.27. The maximum Gasteiger partial charge on any atom is 0.335 e. The molecule has 0 unspecified atom stereocenters. The van der Waals surface area contributed by atoms with Crippen LogP contribution in [0.3, 0.4) is 0 Å². The molecule has 0 atom stereocenters.